The molecule has 7 amide bonds. The highest BCUT2D eigenvalue weighted by Crippen LogP contribution is 2.28. The van der Waals surface area contributed by atoms with Gasteiger partial charge in [0.15, 0.2) is 5.96 Å². The molecule has 12 N–H and O–H groups in total. The van der Waals surface area contributed by atoms with Crippen molar-refractivity contribution in [3.8, 4) is 0 Å². The van der Waals surface area contributed by atoms with Crippen LogP contribution in [0.15, 0.2) is 96.1 Å². The van der Waals surface area contributed by atoms with Crippen molar-refractivity contribution in [1.29, 1.82) is 0 Å². The van der Waals surface area contributed by atoms with Gasteiger partial charge in [-0.15, -0.1) is 0 Å². The Kier molecular flexibility index (Phi) is 18.5. The highest BCUT2D eigenvalue weighted by molar-refractivity contribution is 5.98. The summed E-state index contributed by atoms with van der Waals surface area (Å²) in [6.45, 7) is 1.29. The average molecular weight is 932 g/mol. The van der Waals surface area contributed by atoms with Gasteiger partial charge in [-0.3, -0.25) is 38.6 Å². The zero-order valence-corrected chi connectivity index (χ0v) is 38.6. The van der Waals surface area contributed by atoms with E-state index < -0.39 is 77.6 Å². The molecule has 1 aromatic heterocycles. The molecule has 1 aliphatic heterocycles. The second-order valence-corrected chi connectivity index (χ2v) is 17.8. The maximum Gasteiger partial charge on any atom is 0.243 e. The lowest BCUT2D eigenvalue weighted by atomic mass is 9.84. The van der Waals surface area contributed by atoms with E-state index in [1.54, 1.807) is 30.5 Å². The first-order valence-corrected chi connectivity index (χ1v) is 23.6. The standard InChI is InChI=1S/C50H65N11O7/c1-31(62)56-40(26-32-14-5-2-6-15-32)46(65)58-39-23-25-53-44(63)38(22-13-24-54-50(51)52)57-49(68)43(29-35-30-55-37-21-12-11-20-36(35)37)61-48(67)42(28-34-18-9-4-10-19-34)60-47(66)41(59-45(39)64)27-33-16-7-3-8-17-33/h2-3,5-8,11-12,14-17,20-21,30,34,38-43,55H,4,9-10,13,18-19,22-29H2,1H3,(H,53,63)(H,56,62)(H,57,68)(H,58,65)(H,59,64)(H,60,66)(H,61,67)(H4,51,52,54)/t38?,39-,40-,41?,42+,43?/m0/s1. The third-order valence-corrected chi connectivity index (χ3v) is 12.5. The van der Waals surface area contributed by atoms with Crippen LogP contribution >= 0.6 is 0 Å². The fourth-order valence-corrected chi connectivity index (χ4v) is 8.95. The molecule has 1 saturated carbocycles. The second-order valence-electron chi connectivity index (χ2n) is 17.8. The van der Waals surface area contributed by atoms with Gasteiger partial charge in [-0.1, -0.05) is 111 Å². The third-order valence-electron chi connectivity index (χ3n) is 12.5. The molecule has 2 aliphatic rings. The summed E-state index contributed by atoms with van der Waals surface area (Å²) in [6, 6.07) is 18.6. The number of aromatic nitrogens is 1. The Hall–Kier alpha value is -7.24. The number of aromatic amines is 1. The van der Waals surface area contributed by atoms with Crippen molar-refractivity contribution < 1.29 is 33.6 Å². The molecule has 3 aromatic carbocycles. The number of benzene rings is 3. The van der Waals surface area contributed by atoms with E-state index in [0.717, 1.165) is 59.7 Å². The van der Waals surface area contributed by atoms with Crippen LogP contribution in [0.5, 0.6) is 0 Å². The zero-order valence-electron chi connectivity index (χ0n) is 38.6. The predicted octanol–water partition coefficient (Wildman–Crippen LogP) is 1.67. The van der Waals surface area contributed by atoms with Gasteiger partial charge in [0, 0.05) is 56.4 Å². The van der Waals surface area contributed by atoms with Crippen LogP contribution in [0.1, 0.15) is 81.4 Å². The van der Waals surface area contributed by atoms with E-state index >= 15 is 0 Å². The van der Waals surface area contributed by atoms with Gasteiger partial charge in [0.25, 0.3) is 0 Å². The summed E-state index contributed by atoms with van der Waals surface area (Å²) in [5.74, 6) is -4.36. The molecule has 1 aliphatic carbocycles. The topological polar surface area (TPSA) is 284 Å². The SMILES string of the molecule is CC(=O)N[C@@H](Cc1ccccc1)C(=O)N[C@H]1CCNC(=O)C(CCCN=C(N)N)NC(=O)C(Cc2c[nH]c3ccccc23)NC(=O)[C@@H](CC2CCCCC2)NC(=O)C(Cc2ccccc2)NC1=O. The number of hydrogen-bond donors (Lipinski definition) is 10. The number of amides is 7. The van der Waals surface area contributed by atoms with E-state index in [-0.39, 0.29) is 63.5 Å². The first-order valence-electron chi connectivity index (χ1n) is 23.6. The molecule has 18 nitrogen and oxygen atoms in total. The highest BCUT2D eigenvalue weighted by Gasteiger charge is 2.36. The van der Waals surface area contributed by atoms with Gasteiger partial charge in [-0.05, 0) is 54.4 Å². The van der Waals surface area contributed by atoms with Crippen LogP contribution in [0, 0.1) is 5.92 Å². The molecular formula is C50H65N11O7. The van der Waals surface area contributed by atoms with Crippen LogP contribution in [-0.4, -0.2) is 102 Å². The van der Waals surface area contributed by atoms with Crippen molar-refractivity contribution in [3.05, 3.63) is 108 Å². The molecule has 6 rings (SSSR count). The van der Waals surface area contributed by atoms with Crippen molar-refractivity contribution in [2.24, 2.45) is 22.4 Å². The Balaban J connectivity index is 1.37. The van der Waals surface area contributed by atoms with E-state index in [1.807, 2.05) is 60.7 Å². The van der Waals surface area contributed by atoms with Crippen molar-refractivity contribution in [1.82, 2.24) is 42.2 Å². The summed E-state index contributed by atoms with van der Waals surface area (Å²) in [5.41, 5.74) is 14.2. The summed E-state index contributed by atoms with van der Waals surface area (Å²) < 4.78 is 0. The molecule has 3 unspecified atom stereocenters. The highest BCUT2D eigenvalue weighted by atomic mass is 16.2. The maximum absolute atomic E-state index is 14.7. The average Bonchev–Trinajstić information content (AvgIpc) is 3.74. The molecule has 0 bridgehead atoms. The molecule has 4 aromatic rings. The summed E-state index contributed by atoms with van der Waals surface area (Å²) in [6.07, 6.45) is 7.21. The Morgan fingerprint density at radius 1 is 0.691 bits per heavy atom. The van der Waals surface area contributed by atoms with Gasteiger partial charge in [-0.2, -0.15) is 0 Å². The third kappa shape index (κ3) is 15.1. The zero-order chi connectivity index (χ0) is 48.4. The van der Waals surface area contributed by atoms with Crippen molar-refractivity contribution >= 4 is 58.2 Å². The first kappa shape index (κ1) is 50.2. The molecule has 0 radical (unpaired) electrons. The Morgan fingerprint density at radius 2 is 1.29 bits per heavy atom. The van der Waals surface area contributed by atoms with Crippen molar-refractivity contribution in [2.75, 3.05) is 13.1 Å². The number of nitrogens with zero attached hydrogens (tertiary/aromatic N) is 1. The molecule has 2 heterocycles. The summed E-state index contributed by atoms with van der Waals surface area (Å²) >= 11 is 0. The summed E-state index contributed by atoms with van der Waals surface area (Å²) in [7, 11) is 0. The number of hydrogen-bond acceptors (Lipinski definition) is 8. The smallest absolute Gasteiger partial charge is 0.243 e. The lowest BCUT2D eigenvalue weighted by Crippen LogP contribution is -2.60. The second kappa shape index (κ2) is 25.0. The van der Waals surface area contributed by atoms with Crippen LogP contribution in [0.4, 0.5) is 0 Å². The fraction of sp³-hybridized carbons (Fsp3) is 0.440. The number of para-hydroxylation sites is 1. The van der Waals surface area contributed by atoms with E-state index in [0.29, 0.717) is 6.42 Å². The van der Waals surface area contributed by atoms with Crippen LogP contribution in [0.2, 0.25) is 0 Å². The maximum atomic E-state index is 14.7. The number of rotatable bonds is 15. The van der Waals surface area contributed by atoms with Gasteiger partial charge < -0.3 is 53.7 Å². The van der Waals surface area contributed by atoms with Crippen LogP contribution in [0.25, 0.3) is 10.9 Å². The lowest BCUT2D eigenvalue weighted by Gasteiger charge is -2.30. The molecule has 2 fully saturated rings. The Morgan fingerprint density at radius 3 is 1.99 bits per heavy atom. The van der Waals surface area contributed by atoms with E-state index in [1.165, 1.54) is 6.92 Å². The van der Waals surface area contributed by atoms with Gasteiger partial charge in [0.1, 0.15) is 36.3 Å². The molecule has 6 atom stereocenters. The van der Waals surface area contributed by atoms with Crippen LogP contribution < -0.4 is 48.7 Å². The summed E-state index contributed by atoms with van der Waals surface area (Å²) in [5, 5.41) is 20.8. The quantitative estimate of drug-likeness (QED) is 0.0471. The van der Waals surface area contributed by atoms with Crippen molar-refractivity contribution in [3.63, 3.8) is 0 Å². The van der Waals surface area contributed by atoms with E-state index in [4.69, 9.17) is 11.5 Å². The number of carbonyl (C=O) groups excluding carboxylic acids is 7. The fourth-order valence-electron chi connectivity index (χ4n) is 8.95. The minimum atomic E-state index is -1.33. The Bertz CT molecular complexity index is 2380. The molecule has 0 spiro atoms. The molecule has 68 heavy (non-hydrogen) atoms. The van der Waals surface area contributed by atoms with Crippen molar-refractivity contribution in [2.45, 2.75) is 120 Å². The van der Waals surface area contributed by atoms with E-state index in [2.05, 4.69) is 47.2 Å². The minimum absolute atomic E-state index is 0.0310. The number of nitrogens with one attached hydrogen (secondary N) is 8. The van der Waals surface area contributed by atoms with Crippen LogP contribution in [-0.2, 0) is 52.8 Å². The number of fused-ring (bicyclic) bond motifs is 1. The molecule has 1 saturated heterocycles. The normalized spacial score (nSPS) is 21.7. The minimum Gasteiger partial charge on any atom is -0.370 e. The number of carbonyl (C=O) groups is 7. The molecular weight excluding hydrogens is 867 g/mol. The number of guanidine groups is 1. The Labute approximate surface area is 396 Å². The van der Waals surface area contributed by atoms with Gasteiger partial charge in [0.2, 0.25) is 41.4 Å². The monoisotopic (exact) mass is 932 g/mol. The van der Waals surface area contributed by atoms with Gasteiger partial charge >= 0.3 is 0 Å². The summed E-state index contributed by atoms with van der Waals surface area (Å²) in [4.78, 5) is 106. The molecule has 362 valence electrons. The van der Waals surface area contributed by atoms with Crippen LogP contribution in [0.3, 0.4) is 0 Å². The van der Waals surface area contributed by atoms with Gasteiger partial charge in [0.05, 0.1) is 0 Å². The largest absolute Gasteiger partial charge is 0.370 e. The number of H-pyrrole nitrogens is 1. The number of aliphatic imine (C=N–C) groups is 1. The van der Waals surface area contributed by atoms with E-state index in [9.17, 15) is 33.6 Å². The van der Waals surface area contributed by atoms with Gasteiger partial charge in [-0.25, -0.2) is 0 Å². The predicted molar refractivity (Wildman–Crippen MR) is 258 cm³/mol. The first-order chi connectivity index (χ1) is 32.8. The number of nitrogens with two attached hydrogens (primary N) is 2. The lowest BCUT2D eigenvalue weighted by molar-refractivity contribution is -0.135. The molecule has 18 heteroatoms.